The number of carbonyl (C=O) groups excluding carboxylic acids is 1. The van der Waals surface area contributed by atoms with Crippen molar-refractivity contribution in [1.29, 1.82) is 0 Å². The third-order valence-corrected chi connectivity index (χ3v) is 5.46. The van der Waals surface area contributed by atoms with Gasteiger partial charge in [-0.25, -0.2) is 0 Å². The molecule has 8 nitrogen and oxygen atoms in total. The number of carbonyl (C=O) groups is 1. The number of aromatic hydroxyl groups is 3. The van der Waals surface area contributed by atoms with E-state index in [1.807, 2.05) is 6.07 Å². The first-order chi connectivity index (χ1) is 15.9. The van der Waals surface area contributed by atoms with E-state index < -0.39 is 17.4 Å². The van der Waals surface area contributed by atoms with Crippen LogP contribution in [0.25, 0.3) is 5.65 Å². The number of nitrogens with one attached hydrogen (secondary N) is 1. The normalized spacial score (nSPS) is 11.9. The molecule has 0 saturated carbocycles. The van der Waals surface area contributed by atoms with Gasteiger partial charge in [0.15, 0.2) is 11.5 Å². The largest absolute Gasteiger partial charge is 0.504 e. The zero-order chi connectivity index (χ0) is 23.4. The Morgan fingerprint density at radius 1 is 0.970 bits per heavy atom. The molecule has 2 aromatic carbocycles. The smallest absolute Gasteiger partial charge is 0.265 e. The highest BCUT2D eigenvalue weighted by Gasteiger charge is 2.26. The van der Waals surface area contributed by atoms with Crippen LogP contribution in [-0.4, -0.2) is 37.2 Å². The molecule has 4 rings (SSSR count). The molecule has 33 heavy (non-hydrogen) atoms. The van der Waals surface area contributed by atoms with Crippen LogP contribution in [0, 0.1) is 0 Å². The topological polar surface area (TPSA) is 124 Å². The summed E-state index contributed by atoms with van der Waals surface area (Å²) in [4.78, 5) is 30.1. The highest BCUT2D eigenvalue weighted by atomic mass is 16.3. The minimum atomic E-state index is -0.693. The molecule has 1 amide bonds. The summed E-state index contributed by atoms with van der Waals surface area (Å²) < 4.78 is 1.35. The van der Waals surface area contributed by atoms with Crippen LogP contribution in [-0.2, 0) is 11.2 Å². The molecule has 0 bridgehead atoms. The number of phenols is 2. The van der Waals surface area contributed by atoms with Crippen molar-refractivity contribution in [3.8, 4) is 17.4 Å². The highest BCUT2D eigenvalue weighted by Crippen LogP contribution is 2.31. The molecule has 0 saturated heterocycles. The molecule has 0 radical (unpaired) electrons. The van der Waals surface area contributed by atoms with Crippen molar-refractivity contribution >= 4 is 11.6 Å². The lowest BCUT2D eigenvalue weighted by molar-refractivity contribution is -0.121. The van der Waals surface area contributed by atoms with Crippen LogP contribution in [0.3, 0.4) is 0 Å². The average Bonchev–Trinajstić information content (AvgIpc) is 2.81. The van der Waals surface area contributed by atoms with Gasteiger partial charge >= 0.3 is 0 Å². The summed E-state index contributed by atoms with van der Waals surface area (Å²) in [6.07, 6.45) is 1.96. The molecule has 1 atom stereocenters. The van der Waals surface area contributed by atoms with Gasteiger partial charge in [-0.2, -0.15) is 4.98 Å². The Morgan fingerprint density at radius 2 is 1.73 bits per heavy atom. The average molecular weight is 445 g/mol. The number of aromatic nitrogens is 2. The first-order valence-electron chi connectivity index (χ1n) is 10.5. The number of hydrogen-bond acceptors (Lipinski definition) is 6. The van der Waals surface area contributed by atoms with Gasteiger partial charge in [0, 0.05) is 25.1 Å². The Hall–Kier alpha value is -4.33. The molecule has 168 valence electrons. The Kier molecular flexibility index (Phi) is 6.26. The number of amides is 1. The molecule has 2 heterocycles. The summed E-state index contributed by atoms with van der Waals surface area (Å²) in [5, 5.41) is 32.4. The molecule has 0 aliphatic heterocycles. The van der Waals surface area contributed by atoms with Gasteiger partial charge in [-0.05, 0) is 41.8 Å². The minimum absolute atomic E-state index is 0.0588. The van der Waals surface area contributed by atoms with E-state index in [0.29, 0.717) is 24.2 Å². The van der Waals surface area contributed by atoms with Crippen molar-refractivity contribution in [3.05, 3.63) is 100.0 Å². The Balaban J connectivity index is 1.57. The van der Waals surface area contributed by atoms with Gasteiger partial charge in [0.2, 0.25) is 11.8 Å². The maximum atomic E-state index is 13.2. The fraction of sp³-hybridized carbons (Fsp3) is 0.160. The molecule has 0 aliphatic carbocycles. The van der Waals surface area contributed by atoms with E-state index in [0.717, 1.165) is 5.56 Å². The van der Waals surface area contributed by atoms with Gasteiger partial charge in [-0.1, -0.05) is 42.5 Å². The van der Waals surface area contributed by atoms with E-state index in [-0.39, 0.29) is 29.4 Å². The van der Waals surface area contributed by atoms with Crippen molar-refractivity contribution in [3.63, 3.8) is 0 Å². The summed E-state index contributed by atoms with van der Waals surface area (Å²) in [6, 6.07) is 18.6. The lowest BCUT2D eigenvalue weighted by Gasteiger charge is -2.18. The first kappa shape index (κ1) is 21.9. The molecule has 8 heteroatoms. The van der Waals surface area contributed by atoms with Gasteiger partial charge in [-0.15, -0.1) is 0 Å². The van der Waals surface area contributed by atoms with E-state index in [1.165, 1.54) is 16.5 Å². The maximum absolute atomic E-state index is 13.2. The lowest BCUT2D eigenvalue weighted by atomic mass is 9.89. The van der Waals surface area contributed by atoms with Crippen LogP contribution in [0.2, 0.25) is 0 Å². The van der Waals surface area contributed by atoms with Crippen molar-refractivity contribution in [2.45, 2.75) is 18.8 Å². The SMILES string of the molecule is O=C(C[C@@H](c1ccccc1)c1c(O)nc2ccccn2c1=O)NCCc1ccc(O)c(O)c1. The molecule has 4 N–H and O–H groups in total. The number of fused-ring (bicyclic) bond motifs is 1. The fourth-order valence-electron chi connectivity index (χ4n) is 3.80. The zero-order valence-corrected chi connectivity index (χ0v) is 17.7. The minimum Gasteiger partial charge on any atom is -0.504 e. The molecule has 4 aromatic rings. The monoisotopic (exact) mass is 445 g/mol. The predicted octanol–water partition coefficient (Wildman–Crippen LogP) is 2.69. The van der Waals surface area contributed by atoms with E-state index in [9.17, 15) is 24.9 Å². The van der Waals surface area contributed by atoms with E-state index in [4.69, 9.17) is 0 Å². The van der Waals surface area contributed by atoms with E-state index in [1.54, 1.807) is 54.7 Å². The van der Waals surface area contributed by atoms with Crippen LogP contribution in [0.5, 0.6) is 17.4 Å². The maximum Gasteiger partial charge on any atom is 0.265 e. The number of phenolic OH excluding ortho intramolecular Hbond substituents is 2. The number of nitrogens with zero attached hydrogens (tertiary/aromatic N) is 2. The molecule has 0 spiro atoms. The number of pyridine rings is 1. The third kappa shape index (κ3) is 4.79. The predicted molar refractivity (Wildman–Crippen MR) is 123 cm³/mol. The molecule has 0 unspecified atom stereocenters. The van der Waals surface area contributed by atoms with Gasteiger partial charge in [0.25, 0.3) is 5.56 Å². The van der Waals surface area contributed by atoms with Crippen molar-refractivity contribution in [2.75, 3.05) is 6.54 Å². The second kappa shape index (κ2) is 9.44. The zero-order valence-electron chi connectivity index (χ0n) is 17.7. The standard InChI is InChI=1S/C25H23N3O5/c29-19-10-9-16(14-20(19)30)11-12-26-22(31)15-18(17-6-2-1-3-7-17)23-24(32)27-21-8-4-5-13-28(21)25(23)33/h1-10,13-14,18,29-30,32H,11-12,15H2,(H,26,31)/t18-/m0/s1. The number of benzene rings is 2. The first-order valence-corrected chi connectivity index (χ1v) is 10.5. The number of hydrogen-bond donors (Lipinski definition) is 4. The molecule has 0 fully saturated rings. The Morgan fingerprint density at radius 3 is 2.48 bits per heavy atom. The van der Waals surface area contributed by atoms with Crippen LogP contribution in [0.15, 0.2) is 77.7 Å². The highest BCUT2D eigenvalue weighted by molar-refractivity contribution is 5.77. The summed E-state index contributed by atoms with van der Waals surface area (Å²) >= 11 is 0. The third-order valence-electron chi connectivity index (χ3n) is 5.46. The van der Waals surface area contributed by atoms with Gasteiger partial charge in [0.05, 0.1) is 5.56 Å². The van der Waals surface area contributed by atoms with Gasteiger partial charge in [0.1, 0.15) is 5.65 Å². The molecular weight excluding hydrogens is 422 g/mol. The summed E-state index contributed by atoms with van der Waals surface area (Å²) in [7, 11) is 0. The summed E-state index contributed by atoms with van der Waals surface area (Å²) in [5.74, 6) is -1.82. The van der Waals surface area contributed by atoms with Gasteiger partial charge < -0.3 is 20.6 Å². The van der Waals surface area contributed by atoms with Crippen LogP contribution in [0.4, 0.5) is 0 Å². The van der Waals surface area contributed by atoms with Crippen LogP contribution in [0.1, 0.15) is 29.0 Å². The van der Waals surface area contributed by atoms with Crippen molar-refractivity contribution < 1.29 is 20.1 Å². The Labute approximate surface area is 189 Å². The summed E-state index contributed by atoms with van der Waals surface area (Å²) in [6.45, 7) is 0.297. The van der Waals surface area contributed by atoms with Crippen molar-refractivity contribution in [2.24, 2.45) is 0 Å². The second-order valence-electron chi connectivity index (χ2n) is 7.67. The molecular formula is C25H23N3O5. The van der Waals surface area contributed by atoms with Gasteiger partial charge in [-0.3, -0.25) is 14.0 Å². The van der Waals surface area contributed by atoms with Crippen LogP contribution >= 0.6 is 0 Å². The lowest BCUT2D eigenvalue weighted by Crippen LogP contribution is -2.30. The van der Waals surface area contributed by atoms with E-state index >= 15 is 0 Å². The van der Waals surface area contributed by atoms with E-state index in [2.05, 4.69) is 10.3 Å². The fourth-order valence-corrected chi connectivity index (χ4v) is 3.80. The summed E-state index contributed by atoms with van der Waals surface area (Å²) in [5.41, 5.74) is 1.40. The van der Waals surface area contributed by atoms with Crippen LogP contribution < -0.4 is 10.9 Å². The second-order valence-corrected chi connectivity index (χ2v) is 7.67. The molecule has 2 aromatic heterocycles. The Bertz CT molecular complexity index is 1350. The quantitative estimate of drug-likeness (QED) is 0.324. The van der Waals surface area contributed by atoms with Crippen molar-refractivity contribution in [1.82, 2.24) is 14.7 Å². The number of rotatable bonds is 7. The molecule has 0 aliphatic rings.